The molecule has 0 aromatic heterocycles. The third-order valence-electron chi connectivity index (χ3n) is 1.92. The van der Waals surface area contributed by atoms with Crippen LogP contribution in [0.5, 0.6) is 0 Å². The lowest BCUT2D eigenvalue weighted by Crippen LogP contribution is -2.45. The Labute approximate surface area is 79.6 Å². The van der Waals surface area contributed by atoms with E-state index < -0.39 is 5.60 Å². The number of ether oxygens (including phenoxy) is 2. The zero-order valence-corrected chi connectivity index (χ0v) is 8.85. The van der Waals surface area contributed by atoms with Gasteiger partial charge in [0.05, 0.1) is 6.61 Å². The van der Waals surface area contributed by atoms with E-state index in [1.165, 1.54) is 0 Å². The largest absolute Gasteiger partial charge is 0.382 e. The minimum Gasteiger partial charge on any atom is -0.382 e. The molecule has 0 aliphatic rings. The number of rotatable bonds is 6. The fourth-order valence-electron chi connectivity index (χ4n) is 0.898. The van der Waals surface area contributed by atoms with Crippen molar-refractivity contribution in [3.8, 4) is 0 Å². The molecule has 0 unspecified atom stereocenters. The van der Waals surface area contributed by atoms with Crippen LogP contribution in [0.15, 0.2) is 0 Å². The van der Waals surface area contributed by atoms with Crippen LogP contribution < -0.4 is 5.32 Å². The predicted molar refractivity (Wildman–Crippen MR) is 50.6 cm³/mol. The molecule has 4 nitrogen and oxygen atoms in total. The van der Waals surface area contributed by atoms with Crippen LogP contribution in [-0.4, -0.2) is 38.9 Å². The Morgan fingerprint density at radius 2 is 2.08 bits per heavy atom. The first-order chi connectivity index (χ1) is 6.08. The Bertz CT molecular complexity index is 161. The molecule has 4 heteroatoms. The molecule has 0 aliphatic carbocycles. The maximum atomic E-state index is 11.0. The first-order valence-electron chi connectivity index (χ1n) is 4.38. The highest BCUT2D eigenvalue weighted by molar-refractivity contribution is 5.75. The lowest BCUT2D eigenvalue weighted by molar-refractivity contribution is -0.123. The van der Waals surface area contributed by atoms with Gasteiger partial charge in [-0.15, -0.1) is 0 Å². The maximum absolute atomic E-state index is 11.0. The maximum Gasteiger partial charge on any atom is 0.219 e. The second-order valence-electron chi connectivity index (χ2n) is 3.22. The Kier molecular flexibility index (Phi) is 5.66. The Balaban J connectivity index is 3.89. The molecule has 1 atom stereocenters. The summed E-state index contributed by atoms with van der Waals surface area (Å²) in [6, 6.07) is 0. The third kappa shape index (κ3) is 4.85. The summed E-state index contributed by atoms with van der Waals surface area (Å²) < 4.78 is 10.2. The first kappa shape index (κ1) is 12.4. The van der Waals surface area contributed by atoms with Crippen LogP contribution in [0.25, 0.3) is 0 Å². The normalized spacial score (nSPS) is 15.1. The molecule has 0 aliphatic heterocycles. The molecule has 0 aromatic carbocycles. The first-order valence-corrected chi connectivity index (χ1v) is 4.38. The highest BCUT2D eigenvalue weighted by Gasteiger charge is 2.23. The van der Waals surface area contributed by atoms with Gasteiger partial charge in [0.1, 0.15) is 5.60 Å². The van der Waals surface area contributed by atoms with Gasteiger partial charge in [0.15, 0.2) is 0 Å². The van der Waals surface area contributed by atoms with Crippen molar-refractivity contribution in [2.24, 2.45) is 0 Å². The molecular weight excluding hydrogens is 170 g/mol. The van der Waals surface area contributed by atoms with Crippen LogP contribution in [0.2, 0.25) is 0 Å². The molecule has 0 aromatic rings. The summed E-state index contributed by atoms with van der Waals surface area (Å²) in [7, 11) is 3.22. The molecule has 0 saturated heterocycles. The number of carbonyl (C=O) groups is 1. The summed E-state index contributed by atoms with van der Waals surface area (Å²) in [5.74, 6) is 0.0272. The van der Waals surface area contributed by atoms with Crippen LogP contribution >= 0.6 is 0 Å². The smallest absolute Gasteiger partial charge is 0.219 e. The summed E-state index contributed by atoms with van der Waals surface area (Å²) >= 11 is 0. The second-order valence-corrected chi connectivity index (χ2v) is 3.22. The van der Waals surface area contributed by atoms with E-state index in [1.54, 1.807) is 14.2 Å². The van der Waals surface area contributed by atoms with E-state index in [-0.39, 0.29) is 5.91 Å². The molecule has 1 N–H and O–H groups in total. The van der Waals surface area contributed by atoms with Crippen molar-refractivity contribution in [3.05, 3.63) is 0 Å². The molecular formula is C9H19NO3. The average molecular weight is 189 g/mol. The van der Waals surface area contributed by atoms with Gasteiger partial charge in [-0.25, -0.2) is 0 Å². The Morgan fingerprint density at radius 1 is 1.46 bits per heavy atom. The number of carbonyl (C=O) groups excluding carboxylic acids is 1. The van der Waals surface area contributed by atoms with Gasteiger partial charge in [-0.2, -0.15) is 0 Å². The second kappa shape index (κ2) is 5.94. The summed E-state index contributed by atoms with van der Waals surface area (Å²) in [4.78, 5) is 11.0. The van der Waals surface area contributed by atoms with Gasteiger partial charge in [-0.05, 0) is 6.92 Å². The summed E-state index contributed by atoms with van der Waals surface area (Å²) in [5, 5.41) is 2.76. The van der Waals surface area contributed by atoms with Gasteiger partial charge in [0, 0.05) is 27.2 Å². The van der Waals surface area contributed by atoms with Gasteiger partial charge in [0.25, 0.3) is 0 Å². The molecule has 0 spiro atoms. The third-order valence-corrected chi connectivity index (χ3v) is 1.92. The van der Waals surface area contributed by atoms with Gasteiger partial charge in [-0.3, -0.25) is 4.79 Å². The van der Waals surface area contributed by atoms with Crippen molar-refractivity contribution in [2.75, 3.05) is 27.4 Å². The molecule has 0 radical (unpaired) electrons. The molecule has 0 rings (SSSR count). The fraction of sp³-hybridized carbons (Fsp3) is 0.889. The highest BCUT2D eigenvalue weighted by Crippen LogP contribution is 2.07. The number of nitrogens with one attached hydrogen (secondary N) is 1. The van der Waals surface area contributed by atoms with Crippen LogP contribution in [0, 0.1) is 0 Å². The van der Waals surface area contributed by atoms with Crippen molar-refractivity contribution >= 4 is 5.91 Å². The van der Waals surface area contributed by atoms with E-state index in [1.807, 2.05) is 13.8 Å². The SMILES string of the molecule is CCC(=O)NC[C@@](C)(COC)OC. The minimum atomic E-state index is -0.431. The lowest BCUT2D eigenvalue weighted by atomic mass is 10.1. The van der Waals surface area contributed by atoms with Gasteiger partial charge < -0.3 is 14.8 Å². The summed E-state index contributed by atoms with van der Waals surface area (Å²) in [6.07, 6.45) is 0.493. The van der Waals surface area contributed by atoms with E-state index in [0.717, 1.165) is 0 Å². The lowest BCUT2D eigenvalue weighted by Gasteiger charge is -2.27. The molecule has 0 bridgehead atoms. The topological polar surface area (TPSA) is 47.6 Å². The van der Waals surface area contributed by atoms with Crippen LogP contribution in [0.4, 0.5) is 0 Å². The number of amides is 1. The van der Waals surface area contributed by atoms with Crippen LogP contribution in [0.3, 0.4) is 0 Å². The average Bonchev–Trinajstić information content (AvgIpc) is 2.15. The summed E-state index contributed by atoms with van der Waals surface area (Å²) in [5.41, 5.74) is -0.431. The van der Waals surface area contributed by atoms with E-state index in [4.69, 9.17) is 9.47 Å². The molecule has 0 heterocycles. The zero-order chi connectivity index (χ0) is 10.3. The predicted octanol–water partition coefficient (Wildman–Crippen LogP) is 0.564. The molecule has 1 amide bonds. The van der Waals surface area contributed by atoms with Crippen molar-refractivity contribution in [2.45, 2.75) is 25.9 Å². The zero-order valence-electron chi connectivity index (χ0n) is 8.85. The van der Waals surface area contributed by atoms with E-state index in [0.29, 0.717) is 19.6 Å². The number of hydrogen-bond acceptors (Lipinski definition) is 3. The monoisotopic (exact) mass is 189 g/mol. The molecule has 13 heavy (non-hydrogen) atoms. The molecule has 0 fully saturated rings. The van der Waals surface area contributed by atoms with E-state index in [9.17, 15) is 4.79 Å². The Hall–Kier alpha value is -0.610. The van der Waals surface area contributed by atoms with Crippen molar-refractivity contribution in [1.29, 1.82) is 0 Å². The van der Waals surface area contributed by atoms with Crippen LogP contribution in [-0.2, 0) is 14.3 Å². The van der Waals surface area contributed by atoms with Crippen molar-refractivity contribution in [1.82, 2.24) is 5.32 Å². The van der Waals surface area contributed by atoms with E-state index >= 15 is 0 Å². The minimum absolute atomic E-state index is 0.0272. The quantitative estimate of drug-likeness (QED) is 0.664. The Morgan fingerprint density at radius 3 is 2.46 bits per heavy atom. The molecule has 78 valence electrons. The summed E-state index contributed by atoms with van der Waals surface area (Å²) in [6.45, 7) is 4.65. The van der Waals surface area contributed by atoms with Crippen LogP contribution in [0.1, 0.15) is 20.3 Å². The van der Waals surface area contributed by atoms with Gasteiger partial charge in [0.2, 0.25) is 5.91 Å². The van der Waals surface area contributed by atoms with E-state index in [2.05, 4.69) is 5.32 Å². The van der Waals surface area contributed by atoms with Crippen molar-refractivity contribution < 1.29 is 14.3 Å². The van der Waals surface area contributed by atoms with Gasteiger partial charge >= 0.3 is 0 Å². The number of methoxy groups -OCH3 is 2. The fourth-order valence-corrected chi connectivity index (χ4v) is 0.898. The standard InChI is InChI=1S/C9H19NO3/c1-5-8(11)10-6-9(2,13-4)7-12-3/h5-7H2,1-4H3,(H,10,11)/t9-/m0/s1. The van der Waals surface area contributed by atoms with Crippen molar-refractivity contribution in [3.63, 3.8) is 0 Å². The van der Waals surface area contributed by atoms with Gasteiger partial charge in [-0.1, -0.05) is 6.92 Å². The highest BCUT2D eigenvalue weighted by atomic mass is 16.5. The molecule has 0 saturated carbocycles. The number of hydrogen-bond donors (Lipinski definition) is 1.